The fraction of sp³-hybridized carbons (Fsp3) is 0.750. The van der Waals surface area contributed by atoms with Gasteiger partial charge in [-0.1, -0.05) is 20.3 Å². The second-order valence-electron chi connectivity index (χ2n) is 6.05. The van der Waals surface area contributed by atoms with E-state index >= 15 is 0 Å². The lowest BCUT2D eigenvalue weighted by Gasteiger charge is -2.25. The molecular weight excluding hydrogens is 264 g/mol. The van der Waals surface area contributed by atoms with Crippen LogP contribution in [0.15, 0.2) is 6.20 Å². The van der Waals surface area contributed by atoms with E-state index in [4.69, 9.17) is 4.74 Å². The number of hydrogen-bond donors (Lipinski definition) is 1. The lowest BCUT2D eigenvalue weighted by molar-refractivity contribution is 0.177. The number of nitrogens with zero attached hydrogens (tertiary/aromatic N) is 3. The molecule has 0 unspecified atom stereocenters. The summed E-state index contributed by atoms with van der Waals surface area (Å²) >= 11 is 0. The van der Waals surface area contributed by atoms with Gasteiger partial charge in [0.25, 0.3) is 0 Å². The molecule has 1 aliphatic heterocycles. The fourth-order valence-electron chi connectivity index (χ4n) is 2.48. The summed E-state index contributed by atoms with van der Waals surface area (Å²) in [5.74, 6) is 0. The van der Waals surface area contributed by atoms with Crippen LogP contribution in [0, 0.1) is 6.92 Å². The zero-order chi connectivity index (χ0) is 15.1. The maximum Gasteiger partial charge on any atom is 0.316 e. The third-order valence-electron chi connectivity index (χ3n) is 3.85. The average Bonchev–Trinajstić information content (AvgIpc) is 2.47. The van der Waals surface area contributed by atoms with Crippen LogP contribution in [0.4, 0.5) is 0 Å². The summed E-state index contributed by atoms with van der Waals surface area (Å²) in [5, 5.41) is 3.38. The molecule has 1 aliphatic rings. The molecule has 0 amide bonds. The van der Waals surface area contributed by atoms with Crippen molar-refractivity contribution in [3.05, 3.63) is 17.5 Å². The third-order valence-corrected chi connectivity index (χ3v) is 3.85. The minimum Gasteiger partial charge on any atom is -0.462 e. The molecular formula is C16H28N4O. The molecule has 1 N–H and O–H groups in total. The number of aryl methyl sites for hydroxylation is 1. The highest BCUT2D eigenvalue weighted by atomic mass is 16.5. The summed E-state index contributed by atoms with van der Waals surface area (Å²) in [6.07, 6.45) is 5.86. The van der Waals surface area contributed by atoms with Crippen LogP contribution in [0.2, 0.25) is 0 Å². The largest absolute Gasteiger partial charge is 0.462 e. The molecule has 5 heteroatoms. The van der Waals surface area contributed by atoms with Gasteiger partial charge in [0.15, 0.2) is 0 Å². The van der Waals surface area contributed by atoms with Gasteiger partial charge in [-0.15, -0.1) is 0 Å². The molecule has 5 nitrogen and oxygen atoms in total. The van der Waals surface area contributed by atoms with Gasteiger partial charge in [0.1, 0.15) is 6.61 Å². The van der Waals surface area contributed by atoms with Crippen LogP contribution in [0.25, 0.3) is 0 Å². The van der Waals surface area contributed by atoms with Gasteiger partial charge in [-0.2, -0.15) is 0 Å². The Morgan fingerprint density at radius 2 is 2.05 bits per heavy atom. The van der Waals surface area contributed by atoms with Crippen molar-refractivity contribution in [2.24, 2.45) is 0 Å². The molecule has 2 heterocycles. The van der Waals surface area contributed by atoms with E-state index in [-0.39, 0.29) is 0 Å². The predicted octanol–water partition coefficient (Wildman–Crippen LogP) is 2.15. The number of hydrogen-bond acceptors (Lipinski definition) is 5. The standard InChI is InChI=1S/C16H28N4O/c1-13(2)17-11-15-12-18-16(19-14(15)3)21-10-9-20-7-5-4-6-8-20/h12-13,17H,4-11H2,1-3H3. The minimum atomic E-state index is 0.463. The summed E-state index contributed by atoms with van der Waals surface area (Å²) in [7, 11) is 0. The Bertz CT molecular complexity index is 430. The SMILES string of the molecule is Cc1nc(OCCN2CCCCC2)ncc1CNC(C)C. The van der Waals surface area contributed by atoms with Gasteiger partial charge in [0.05, 0.1) is 0 Å². The van der Waals surface area contributed by atoms with Gasteiger partial charge in [-0.3, -0.25) is 4.90 Å². The molecule has 21 heavy (non-hydrogen) atoms. The van der Waals surface area contributed by atoms with Crippen LogP contribution in [-0.2, 0) is 6.54 Å². The first-order valence-electron chi connectivity index (χ1n) is 8.06. The minimum absolute atomic E-state index is 0.463. The van der Waals surface area contributed by atoms with Gasteiger partial charge in [0.2, 0.25) is 0 Å². The lowest BCUT2D eigenvalue weighted by Crippen LogP contribution is -2.33. The normalized spacial score (nSPS) is 16.4. The van der Waals surface area contributed by atoms with Crippen molar-refractivity contribution in [2.45, 2.75) is 52.6 Å². The van der Waals surface area contributed by atoms with Crippen LogP contribution in [-0.4, -0.2) is 47.2 Å². The van der Waals surface area contributed by atoms with E-state index in [1.807, 2.05) is 13.1 Å². The number of nitrogens with one attached hydrogen (secondary N) is 1. The quantitative estimate of drug-likeness (QED) is 0.834. The molecule has 0 aliphatic carbocycles. The zero-order valence-corrected chi connectivity index (χ0v) is 13.6. The Morgan fingerprint density at radius 1 is 1.29 bits per heavy atom. The molecule has 1 saturated heterocycles. The molecule has 1 fully saturated rings. The molecule has 1 aromatic heterocycles. The Kier molecular flexibility index (Phi) is 6.39. The van der Waals surface area contributed by atoms with Crippen molar-refractivity contribution < 1.29 is 4.74 Å². The van der Waals surface area contributed by atoms with E-state index in [0.29, 0.717) is 18.7 Å². The topological polar surface area (TPSA) is 50.3 Å². The molecule has 0 atom stereocenters. The van der Waals surface area contributed by atoms with Crippen LogP contribution < -0.4 is 10.1 Å². The highest BCUT2D eigenvalue weighted by Gasteiger charge is 2.10. The summed E-state index contributed by atoms with van der Waals surface area (Å²) in [5.41, 5.74) is 2.12. The van der Waals surface area contributed by atoms with E-state index in [1.54, 1.807) is 0 Å². The van der Waals surface area contributed by atoms with Crippen molar-refractivity contribution in [3.63, 3.8) is 0 Å². The second kappa shape index (κ2) is 8.29. The van der Waals surface area contributed by atoms with Gasteiger partial charge < -0.3 is 10.1 Å². The molecule has 2 rings (SSSR count). The monoisotopic (exact) mass is 292 g/mol. The summed E-state index contributed by atoms with van der Waals surface area (Å²) in [6.45, 7) is 11.1. The van der Waals surface area contributed by atoms with E-state index in [1.165, 1.54) is 32.4 Å². The van der Waals surface area contributed by atoms with Gasteiger partial charge in [-0.05, 0) is 32.9 Å². The van der Waals surface area contributed by atoms with Crippen LogP contribution in [0.5, 0.6) is 6.01 Å². The van der Waals surface area contributed by atoms with Crippen LogP contribution >= 0.6 is 0 Å². The summed E-state index contributed by atoms with van der Waals surface area (Å²) < 4.78 is 5.69. The predicted molar refractivity (Wildman–Crippen MR) is 84.5 cm³/mol. The van der Waals surface area contributed by atoms with Gasteiger partial charge in [0, 0.05) is 36.6 Å². The smallest absolute Gasteiger partial charge is 0.316 e. The van der Waals surface area contributed by atoms with Crippen molar-refractivity contribution in [1.29, 1.82) is 0 Å². The Hall–Kier alpha value is -1.20. The Labute approximate surface area is 128 Å². The number of piperidine rings is 1. The lowest BCUT2D eigenvalue weighted by atomic mass is 10.1. The number of ether oxygens (including phenoxy) is 1. The maximum atomic E-state index is 5.69. The Balaban J connectivity index is 1.76. The van der Waals surface area contributed by atoms with Crippen molar-refractivity contribution in [3.8, 4) is 6.01 Å². The van der Waals surface area contributed by atoms with Gasteiger partial charge in [-0.25, -0.2) is 9.97 Å². The first-order chi connectivity index (χ1) is 10.1. The van der Waals surface area contributed by atoms with Crippen molar-refractivity contribution >= 4 is 0 Å². The number of rotatable bonds is 7. The summed E-state index contributed by atoms with van der Waals surface area (Å²) in [4.78, 5) is 11.2. The maximum absolute atomic E-state index is 5.69. The Morgan fingerprint density at radius 3 is 2.71 bits per heavy atom. The van der Waals surface area contributed by atoms with E-state index in [9.17, 15) is 0 Å². The molecule has 1 aromatic rings. The van der Waals surface area contributed by atoms with Gasteiger partial charge >= 0.3 is 6.01 Å². The van der Waals surface area contributed by atoms with E-state index in [2.05, 4.69) is 34.0 Å². The molecule has 118 valence electrons. The van der Waals surface area contributed by atoms with E-state index in [0.717, 1.165) is 24.3 Å². The average molecular weight is 292 g/mol. The number of aromatic nitrogens is 2. The number of likely N-dealkylation sites (tertiary alicyclic amines) is 1. The first-order valence-corrected chi connectivity index (χ1v) is 8.06. The highest BCUT2D eigenvalue weighted by Crippen LogP contribution is 2.10. The van der Waals surface area contributed by atoms with Crippen LogP contribution in [0.1, 0.15) is 44.4 Å². The van der Waals surface area contributed by atoms with Crippen molar-refractivity contribution in [1.82, 2.24) is 20.2 Å². The zero-order valence-electron chi connectivity index (χ0n) is 13.6. The molecule has 0 radical (unpaired) electrons. The molecule has 0 saturated carbocycles. The molecule has 0 bridgehead atoms. The van der Waals surface area contributed by atoms with Crippen LogP contribution in [0.3, 0.4) is 0 Å². The highest BCUT2D eigenvalue weighted by molar-refractivity contribution is 5.17. The second-order valence-corrected chi connectivity index (χ2v) is 6.05. The first kappa shape index (κ1) is 16.2. The molecule has 0 aromatic carbocycles. The van der Waals surface area contributed by atoms with E-state index < -0.39 is 0 Å². The third kappa shape index (κ3) is 5.59. The fourth-order valence-corrected chi connectivity index (χ4v) is 2.48. The summed E-state index contributed by atoms with van der Waals surface area (Å²) in [6, 6.07) is 0.961. The molecule has 0 spiro atoms. The van der Waals surface area contributed by atoms with Crippen molar-refractivity contribution in [2.75, 3.05) is 26.2 Å².